The Morgan fingerprint density at radius 2 is 1.64 bits per heavy atom. The number of hydrogen-bond donors (Lipinski definition) is 2. The predicted octanol–water partition coefficient (Wildman–Crippen LogP) is 3.99. The number of carboxylic acid groups (broad SMARTS) is 1. The lowest BCUT2D eigenvalue weighted by molar-refractivity contribution is -0.119. The van der Waals surface area contributed by atoms with Gasteiger partial charge in [-0.1, -0.05) is 41.9 Å². The summed E-state index contributed by atoms with van der Waals surface area (Å²) in [6.45, 7) is 1.36. The summed E-state index contributed by atoms with van der Waals surface area (Å²) in [4.78, 5) is 50.9. The van der Waals surface area contributed by atoms with E-state index in [1.807, 2.05) is 6.07 Å². The van der Waals surface area contributed by atoms with Crippen LogP contribution in [0.5, 0.6) is 5.75 Å². The molecular formula is C30H22B3ClN2O6. The Kier molecular flexibility index (Phi) is 9.12. The number of hydrogen-bond acceptors (Lipinski definition) is 5. The van der Waals surface area contributed by atoms with E-state index in [1.54, 1.807) is 24.3 Å². The van der Waals surface area contributed by atoms with Gasteiger partial charge < -0.3 is 15.2 Å². The van der Waals surface area contributed by atoms with Crippen molar-refractivity contribution in [2.75, 3.05) is 5.32 Å². The summed E-state index contributed by atoms with van der Waals surface area (Å²) >= 11 is 6.22. The quantitative estimate of drug-likeness (QED) is 0.219. The summed E-state index contributed by atoms with van der Waals surface area (Å²) < 4.78 is 6.77. The van der Waals surface area contributed by atoms with Crippen molar-refractivity contribution in [1.82, 2.24) is 4.57 Å². The standard InChI is InChI=1S/C30H22B3ClN2O6/c1-17(37)22-12-9-20(34)14-23(22)24-15-27(38)36(16-26(24)42-30(31,32)33)25(13-18-5-3-2-4-6-18)28(39)35-21-10-7-19(8-11-21)29(40)41/h2-12,14-16,25H,13H2,1H3,(H,35,39)(H,40,41). The smallest absolute Gasteiger partial charge is 0.335 e. The summed E-state index contributed by atoms with van der Waals surface area (Å²) in [5, 5.41) is 10.0. The van der Waals surface area contributed by atoms with E-state index in [0.717, 1.165) is 10.1 Å². The highest BCUT2D eigenvalue weighted by molar-refractivity contribution is 6.58. The van der Waals surface area contributed by atoms with E-state index < -0.39 is 28.8 Å². The second kappa shape index (κ2) is 12.6. The molecule has 1 aromatic heterocycles. The fourth-order valence-electron chi connectivity index (χ4n) is 4.38. The van der Waals surface area contributed by atoms with Crippen LogP contribution in [0.25, 0.3) is 11.1 Å². The Bertz CT molecular complexity index is 1700. The molecule has 0 aliphatic rings. The number of aromatic carboxylic acids is 1. The third-order valence-corrected chi connectivity index (χ3v) is 6.53. The van der Waals surface area contributed by atoms with Crippen LogP contribution >= 0.6 is 11.6 Å². The number of ether oxygens (including phenoxy) is 1. The molecule has 12 heteroatoms. The molecule has 0 aliphatic heterocycles. The zero-order valence-corrected chi connectivity index (χ0v) is 23.2. The molecular weight excluding hydrogens is 552 g/mol. The maximum absolute atomic E-state index is 13.7. The highest BCUT2D eigenvalue weighted by Crippen LogP contribution is 2.35. The van der Waals surface area contributed by atoms with Crippen LogP contribution in [0.1, 0.15) is 39.2 Å². The van der Waals surface area contributed by atoms with Crippen molar-refractivity contribution in [2.24, 2.45) is 0 Å². The highest BCUT2D eigenvalue weighted by atomic mass is 35.5. The Hall–Kier alpha value is -4.50. The van der Waals surface area contributed by atoms with E-state index in [4.69, 9.17) is 39.9 Å². The van der Waals surface area contributed by atoms with Crippen LogP contribution in [-0.4, -0.2) is 56.2 Å². The van der Waals surface area contributed by atoms with Crippen molar-refractivity contribution in [3.63, 3.8) is 0 Å². The van der Waals surface area contributed by atoms with Gasteiger partial charge in [0.1, 0.15) is 35.3 Å². The predicted molar refractivity (Wildman–Crippen MR) is 163 cm³/mol. The molecule has 3 aromatic carbocycles. The van der Waals surface area contributed by atoms with E-state index in [9.17, 15) is 24.3 Å². The number of benzene rings is 3. The molecule has 6 radical (unpaired) electrons. The maximum Gasteiger partial charge on any atom is 0.335 e. The Labute approximate surface area is 250 Å². The minimum atomic E-state index is -2.19. The number of carbonyl (C=O) groups is 3. The fourth-order valence-corrected chi connectivity index (χ4v) is 4.55. The second-order valence-corrected chi connectivity index (χ2v) is 10.0. The van der Waals surface area contributed by atoms with Crippen molar-refractivity contribution in [1.29, 1.82) is 0 Å². The van der Waals surface area contributed by atoms with Gasteiger partial charge in [-0.2, -0.15) is 0 Å². The van der Waals surface area contributed by atoms with E-state index in [2.05, 4.69) is 5.32 Å². The molecule has 0 saturated heterocycles. The Morgan fingerprint density at radius 3 is 2.24 bits per heavy atom. The first kappa shape index (κ1) is 30.5. The molecule has 0 fully saturated rings. The van der Waals surface area contributed by atoms with Crippen LogP contribution in [0, 0.1) is 0 Å². The molecule has 0 saturated carbocycles. The number of halogens is 1. The van der Waals surface area contributed by atoms with Gasteiger partial charge in [-0.15, -0.1) is 0 Å². The zero-order chi connectivity index (χ0) is 30.6. The third-order valence-electron chi connectivity index (χ3n) is 6.29. The normalized spacial score (nSPS) is 11.9. The number of pyridine rings is 1. The average Bonchev–Trinajstić information content (AvgIpc) is 2.92. The zero-order valence-electron chi connectivity index (χ0n) is 22.4. The molecule has 0 aliphatic carbocycles. The van der Waals surface area contributed by atoms with Gasteiger partial charge in [0, 0.05) is 34.3 Å². The lowest BCUT2D eigenvalue weighted by atomic mass is 9.52. The number of Topliss-reactive ketones (excluding diaryl/α,β-unsaturated/α-hetero) is 1. The lowest BCUT2D eigenvalue weighted by Gasteiger charge is -2.27. The fraction of sp³-hybridized carbons (Fsp3) is 0.133. The van der Waals surface area contributed by atoms with Gasteiger partial charge in [-0.05, 0) is 65.8 Å². The topological polar surface area (TPSA) is 115 Å². The number of rotatable bonds is 10. The van der Waals surface area contributed by atoms with Crippen molar-refractivity contribution in [2.45, 2.75) is 24.7 Å². The van der Waals surface area contributed by atoms with Crippen LogP contribution in [-0.2, 0) is 11.2 Å². The molecule has 1 atom stereocenters. The van der Waals surface area contributed by atoms with Gasteiger partial charge in [0.2, 0.25) is 5.91 Å². The van der Waals surface area contributed by atoms with E-state index in [-0.39, 0.29) is 40.2 Å². The van der Waals surface area contributed by atoms with E-state index in [0.29, 0.717) is 10.7 Å². The monoisotopic (exact) mass is 574 g/mol. The number of anilines is 1. The van der Waals surface area contributed by atoms with Crippen LogP contribution in [0.3, 0.4) is 0 Å². The van der Waals surface area contributed by atoms with Crippen LogP contribution in [0.2, 0.25) is 5.02 Å². The average molecular weight is 574 g/mol. The van der Waals surface area contributed by atoms with Crippen molar-refractivity contribution >= 4 is 58.5 Å². The number of nitrogens with zero attached hydrogens (tertiary/aromatic N) is 1. The minimum Gasteiger partial charge on any atom is -0.514 e. The second-order valence-electron chi connectivity index (χ2n) is 9.58. The van der Waals surface area contributed by atoms with Crippen molar-refractivity contribution in [3.05, 3.63) is 117 Å². The van der Waals surface area contributed by atoms with Gasteiger partial charge >= 0.3 is 5.97 Å². The maximum atomic E-state index is 13.7. The first-order valence-electron chi connectivity index (χ1n) is 12.6. The molecule has 1 heterocycles. The molecule has 0 bridgehead atoms. The summed E-state index contributed by atoms with van der Waals surface area (Å²) in [5.74, 6) is -2.07. The third kappa shape index (κ3) is 7.41. The summed E-state index contributed by atoms with van der Waals surface area (Å²) in [5.41, 5.74) is 1.17. The number of amides is 1. The van der Waals surface area contributed by atoms with Crippen molar-refractivity contribution in [3.8, 4) is 16.9 Å². The Morgan fingerprint density at radius 1 is 0.976 bits per heavy atom. The number of carbonyl (C=O) groups excluding carboxylic acids is 2. The van der Waals surface area contributed by atoms with Gasteiger partial charge in [-0.25, -0.2) is 4.79 Å². The number of ketones is 1. The summed E-state index contributed by atoms with van der Waals surface area (Å²) in [7, 11) is 17.3. The van der Waals surface area contributed by atoms with Crippen LogP contribution in [0.4, 0.5) is 5.69 Å². The van der Waals surface area contributed by atoms with E-state index in [1.165, 1.54) is 61.7 Å². The van der Waals surface area contributed by atoms with Gasteiger partial charge in [0.05, 0.1) is 11.8 Å². The van der Waals surface area contributed by atoms with Gasteiger partial charge in [-0.3, -0.25) is 19.0 Å². The molecule has 1 unspecified atom stereocenters. The largest absolute Gasteiger partial charge is 0.514 e. The Balaban J connectivity index is 1.86. The SMILES string of the molecule is [B]C([B])([B])Oc1cn(C(Cc2ccccc2)C(=O)Nc2ccc(C(=O)O)cc2)c(=O)cc1-c1cc(Cl)ccc1C(C)=O. The molecule has 0 spiro atoms. The molecule has 4 aromatic rings. The summed E-state index contributed by atoms with van der Waals surface area (Å²) in [6, 6.07) is 19.2. The number of carboxylic acids is 1. The van der Waals surface area contributed by atoms with Crippen LogP contribution < -0.4 is 15.6 Å². The van der Waals surface area contributed by atoms with Gasteiger partial charge in [0.25, 0.3) is 5.56 Å². The molecule has 42 heavy (non-hydrogen) atoms. The summed E-state index contributed by atoms with van der Waals surface area (Å²) in [6.07, 6.45) is 1.35. The van der Waals surface area contributed by atoms with Crippen molar-refractivity contribution < 1.29 is 24.2 Å². The molecule has 1 amide bonds. The molecule has 2 N–H and O–H groups in total. The molecule has 8 nitrogen and oxygen atoms in total. The van der Waals surface area contributed by atoms with E-state index >= 15 is 0 Å². The van der Waals surface area contributed by atoms with Crippen LogP contribution in [0.15, 0.2) is 89.9 Å². The number of nitrogens with one attached hydrogen (secondary N) is 1. The first-order chi connectivity index (χ1) is 19.8. The van der Waals surface area contributed by atoms with Gasteiger partial charge in [0.15, 0.2) is 5.78 Å². The lowest BCUT2D eigenvalue weighted by Crippen LogP contribution is -2.39. The first-order valence-corrected chi connectivity index (χ1v) is 13.0. The highest BCUT2D eigenvalue weighted by Gasteiger charge is 2.26. The number of aromatic nitrogens is 1. The molecule has 204 valence electrons. The molecule has 4 rings (SSSR count). The minimum absolute atomic E-state index is 0.0437.